The van der Waals surface area contributed by atoms with E-state index in [2.05, 4.69) is 0 Å². The first-order chi connectivity index (χ1) is 8.28. The molecule has 1 aromatic rings. The maximum Gasteiger partial charge on any atom is 0.405 e. The summed E-state index contributed by atoms with van der Waals surface area (Å²) in [6.07, 6.45) is -3.30. The second kappa shape index (κ2) is 5.91. The van der Waals surface area contributed by atoms with Gasteiger partial charge >= 0.3 is 6.18 Å². The molecule has 0 saturated carbocycles. The third kappa shape index (κ3) is 5.23. The zero-order valence-corrected chi connectivity index (χ0v) is 10.3. The molecule has 1 rings (SSSR count). The van der Waals surface area contributed by atoms with Crippen LogP contribution in [0.1, 0.15) is 12.5 Å². The minimum absolute atomic E-state index is 0.496. The van der Waals surface area contributed by atoms with Crippen molar-refractivity contribution in [3.05, 3.63) is 40.9 Å². The molecule has 1 N–H and O–H groups in total. The van der Waals surface area contributed by atoms with Crippen LogP contribution < -0.4 is 5.32 Å². The molecule has 98 valence electrons. The van der Waals surface area contributed by atoms with Gasteiger partial charge in [0.1, 0.15) is 6.54 Å². The highest BCUT2D eigenvalue weighted by Gasteiger charge is 2.27. The van der Waals surface area contributed by atoms with E-state index < -0.39 is 18.6 Å². The van der Waals surface area contributed by atoms with Gasteiger partial charge in [0.15, 0.2) is 0 Å². The minimum atomic E-state index is -4.41. The molecule has 0 saturated heterocycles. The molecule has 0 unspecified atom stereocenters. The predicted molar refractivity (Wildman–Crippen MR) is 64.2 cm³/mol. The van der Waals surface area contributed by atoms with Gasteiger partial charge in [-0.3, -0.25) is 4.79 Å². The highest BCUT2D eigenvalue weighted by Crippen LogP contribution is 2.18. The summed E-state index contributed by atoms with van der Waals surface area (Å²) in [5, 5.41) is 2.26. The van der Waals surface area contributed by atoms with Gasteiger partial charge in [-0.05, 0) is 30.2 Å². The number of carbonyl (C=O) groups is 1. The van der Waals surface area contributed by atoms with E-state index in [1.54, 1.807) is 36.5 Å². The Morgan fingerprint density at radius 3 is 2.67 bits per heavy atom. The largest absolute Gasteiger partial charge is 0.405 e. The minimum Gasteiger partial charge on any atom is -0.343 e. The average molecular weight is 278 g/mol. The Balaban J connectivity index is 2.69. The molecule has 0 aromatic heterocycles. The van der Waals surface area contributed by atoms with Crippen molar-refractivity contribution in [3.8, 4) is 0 Å². The Morgan fingerprint density at radius 2 is 2.11 bits per heavy atom. The van der Waals surface area contributed by atoms with Crippen LogP contribution in [0.25, 0.3) is 5.57 Å². The van der Waals surface area contributed by atoms with Crippen molar-refractivity contribution < 1.29 is 18.0 Å². The molecule has 0 fully saturated rings. The van der Waals surface area contributed by atoms with E-state index in [0.29, 0.717) is 16.2 Å². The molecule has 0 atom stereocenters. The lowest BCUT2D eigenvalue weighted by atomic mass is 10.1. The van der Waals surface area contributed by atoms with Crippen molar-refractivity contribution in [1.29, 1.82) is 0 Å². The van der Waals surface area contributed by atoms with Crippen molar-refractivity contribution >= 4 is 23.1 Å². The van der Waals surface area contributed by atoms with Gasteiger partial charge in [0, 0.05) is 11.1 Å². The number of allylic oxidation sites excluding steroid dienone is 1. The standard InChI is InChI=1S/C12H11ClF3NO/c1-8(9-3-2-4-10(13)6-9)5-11(18)17-7-12(14,15)16/h2-6H,7H2,1H3,(H,17,18)/b8-5+. The molecule has 18 heavy (non-hydrogen) atoms. The van der Waals surface area contributed by atoms with Crippen molar-refractivity contribution in [2.45, 2.75) is 13.1 Å². The first kappa shape index (κ1) is 14.6. The zero-order chi connectivity index (χ0) is 13.8. The summed E-state index contributed by atoms with van der Waals surface area (Å²) >= 11 is 5.77. The van der Waals surface area contributed by atoms with Gasteiger partial charge in [0.25, 0.3) is 0 Å². The van der Waals surface area contributed by atoms with Gasteiger partial charge in [-0.25, -0.2) is 0 Å². The Labute approximate surface area is 107 Å². The third-order valence-electron chi connectivity index (χ3n) is 2.09. The number of amides is 1. The summed E-state index contributed by atoms with van der Waals surface area (Å²) in [6, 6.07) is 6.71. The van der Waals surface area contributed by atoms with E-state index in [1.165, 1.54) is 0 Å². The second-order valence-corrected chi connectivity index (χ2v) is 4.11. The number of nitrogens with one attached hydrogen (secondary N) is 1. The molecule has 6 heteroatoms. The fourth-order valence-electron chi connectivity index (χ4n) is 1.25. The Kier molecular flexibility index (Phi) is 4.78. The van der Waals surface area contributed by atoms with Gasteiger partial charge in [0.2, 0.25) is 5.91 Å². The van der Waals surface area contributed by atoms with E-state index in [-0.39, 0.29) is 0 Å². The molecule has 0 bridgehead atoms. The lowest BCUT2D eigenvalue weighted by molar-refractivity contribution is -0.135. The van der Waals surface area contributed by atoms with Crippen molar-refractivity contribution in [3.63, 3.8) is 0 Å². The number of hydrogen-bond donors (Lipinski definition) is 1. The molecule has 0 aliphatic carbocycles. The quantitative estimate of drug-likeness (QED) is 0.843. The summed E-state index contributed by atoms with van der Waals surface area (Å²) in [4.78, 5) is 11.2. The number of carbonyl (C=O) groups excluding carboxylic acids is 1. The van der Waals surface area contributed by atoms with Crippen LogP contribution in [0.3, 0.4) is 0 Å². The first-order valence-electron chi connectivity index (χ1n) is 5.07. The number of benzene rings is 1. The van der Waals surface area contributed by atoms with Crippen LogP contribution in [0.2, 0.25) is 5.02 Å². The molecular formula is C12H11ClF3NO. The average Bonchev–Trinajstić information content (AvgIpc) is 2.25. The van der Waals surface area contributed by atoms with E-state index in [9.17, 15) is 18.0 Å². The van der Waals surface area contributed by atoms with Gasteiger partial charge < -0.3 is 5.32 Å². The third-order valence-corrected chi connectivity index (χ3v) is 2.33. The zero-order valence-electron chi connectivity index (χ0n) is 9.51. The highest BCUT2D eigenvalue weighted by molar-refractivity contribution is 6.30. The van der Waals surface area contributed by atoms with Gasteiger partial charge in [-0.1, -0.05) is 23.7 Å². The number of halogens is 4. The fraction of sp³-hybridized carbons (Fsp3) is 0.250. The summed E-state index contributed by atoms with van der Waals surface area (Å²) < 4.78 is 35.6. The topological polar surface area (TPSA) is 29.1 Å². The van der Waals surface area contributed by atoms with E-state index in [0.717, 1.165) is 6.08 Å². The van der Waals surface area contributed by atoms with Crippen LogP contribution >= 0.6 is 11.6 Å². The number of alkyl halides is 3. The van der Waals surface area contributed by atoms with E-state index in [4.69, 9.17) is 11.6 Å². The summed E-state index contributed by atoms with van der Waals surface area (Å²) in [5.74, 6) is -0.787. The SMILES string of the molecule is C/C(=C\C(=O)NCC(F)(F)F)c1cccc(Cl)c1. The van der Waals surface area contributed by atoms with Crippen LogP contribution in [-0.4, -0.2) is 18.6 Å². The molecule has 2 nitrogen and oxygen atoms in total. The Morgan fingerprint density at radius 1 is 1.44 bits per heavy atom. The van der Waals surface area contributed by atoms with Crippen molar-refractivity contribution in [2.24, 2.45) is 0 Å². The maximum atomic E-state index is 11.9. The van der Waals surface area contributed by atoms with E-state index in [1.807, 2.05) is 0 Å². The Hall–Kier alpha value is -1.49. The van der Waals surface area contributed by atoms with Gasteiger partial charge in [-0.2, -0.15) is 13.2 Å². The summed E-state index contributed by atoms with van der Waals surface area (Å²) in [5.41, 5.74) is 1.22. The first-order valence-corrected chi connectivity index (χ1v) is 5.44. The molecule has 0 spiro atoms. The number of hydrogen-bond acceptors (Lipinski definition) is 1. The van der Waals surface area contributed by atoms with Crippen LogP contribution in [0.15, 0.2) is 30.3 Å². The van der Waals surface area contributed by atoms with Crippen molar-refractivity contribution in [2.75, 3.05) is 6.54 Å². The Bertz CT molecular complexity index is 469. The predicted octanol–water partition coefficient (Wildman–Crippen LogP) is 3.42. The molecular weight excluding hydrogens is 267 g/mol. The maximum absolute atomic E-state index is 11.9. The normalized spacial score (nSPS) is 12.4. The molecule has 0 aliphatic heterocycles. The summed E-state index contributed by atoms with van der Waals surface area (Å²) in [6.45, 7) is 0.282. The van der Waals surface area contributed by atoms with Gasteiger partial charge in [0.05, 0.1) is 0 Å². The lowest BCUT2D eigenvalue weighted by Gasteiger charge is -2.07. The van der Waals surface area contributed by atoms with Crippen LogP contribution in [-0.2, 0) is 4.79 Å². The smallest absolute Gasteiger partial charge is 0.343 e. The second-order valence-electron chi connectivity index (χ2n) is 3.67. The molecule has 1 amide bonds. The van der Waals surface area contributed by atoms with Crippen LogP contribution in [0, 0.1) is 0 Å². The highest BCUT2D eigenvalue weighted by atomic mass is 35.5. The molecule has 1 aromatic carbocycles. The summed E-state index contributed by atoms with van der Waals surface area (Å²) in [7, 11) is 0. The van der Waals surface area contributed by atoms with Crippen molar-refractivity contribution in [1.82, 2.24) is 5.32 Å². The fourth-order valence-corrected chi connectivity index (χ4v) is 1.44. The van der Waals surface area contributed by atoms with Gasteiger partial charge in [-0.15, -0.1) is 0 Å². The molecule has 0 aliphatic rings. The lowest BCUT2D eigenvalue weighted by Crippen LogP contribution is -2.32. The molecule has 0 heterocycles. The molecule has 0 radical (unpaired) electrons. The monoisotopic (exact) mass is 277 g/mol. The van der Waals surface area contributed by atoms with Crippen LogP contribution in [0.4, 0.5) is 13.2 Å². The van der Waals surface area contributed by atoms with E-state index >= 15 is 0 Å². The number of rotatable bonds is 3. The van der Waals surface area contributed by atoms with Crippen LogP contribution in [0.5, 0.6) is 0 Å².